The lowest BCUT2D eigenvalue weighted by Gasteiger charge is -2.29. The van der Waals surface area contributed by atoms with E-state index in [0.717, 1.165) is 56.0 Å². The van der Waals surface area contributed by atoms with Gasteiger partial charge in [0.15, 0.2) is 5.69 Å². The third-order valence-electron chi connectivity index (χ3n) is 5.09. The van der Waals surface area contributed by atoms with E-state index in [-0.39, 0.29) is 5.69 Å². The fraction of sp³-hybridized carbons (Fsp3) is 0.381. The molecule has 7 heteroatoms. The molecule has 1 saturated heterocycles. The number of pyridine rings is 1. The molecule has 1 aliphatic carbocycles. The van der Waals surface area contributed by atoms with Crippen molar-refractivity contribution in [1.82, 2.24) is 4.98 Å². The van der Waals surface area contributed by atoms with Gasteiger partial charge in [0.2, 0.25) is 0 Å². The molecule has 2 aliphatic rings. The van der Waals surface area contributed by atoms with Crippen LogP contribution in [0.5, 0.6) is 0 Å². The number of morpholine rings is 1. The number of carboxylic acid groups (broad SMARTS) is 1. The van der Waals surface area contributed by atoms with Crippen LogP contribution in [-0.2, 0) is 4.74 Å². The first-order chi connectivity index (χ1) is 13.5. The number of benzene rings is 1. The maximum absolute atomic E-state index is 11.6. The van der Waals surface area contributed by atoms with Gasteiger partial charge in [0.05, 0.1) is 13.2 Å². The van der Waals surface area contributed by atoms with E-state index in [4.69, 9.17) is 10.1 Å². The highest BCUT2D eigenvalue weighted by Gasteiger charge is 2.26. The molecule has 0 bridgehead atoms. The molecule has 2 fully saturated rings. The maximum Gasteiger partial charge on any atom is 0.354 e. The molecule has 3 N–H and O–H groups in total. The Kier molecular flexibility index (Phi) is 5.00. The highest BCUT2D eigenvalue weighted by Crippen LogP contribution is 2.34. The summed E-state index contributed by atoms with van der Waals surface area (Å²) in [5, 5.41) is 21.1. The minimum absolute atomic E-state index is 0.0135. The lowest BCUT2D eigenvalue weighted by Crippen LogP contribution is -2.36. The van der Waals surface area contributed by atoms with Gasteiger partial charge in [-0.15, -0.1) is 0 Å². The molecular weight excluding hydrogens is 356 g/mol. The zero-order valence-corrected chi connectivity index (χ0v) is 15.9. The predicted molar refractivity (Wildman–Crippen MR) is 109 cm³/mol. The van der Waals surface area contributed by atoms with E-state index in [1.165, 1.54) is 0 Å². The second kappa shape index (κ2) is 7.59. The van der Waals surface area contributed by atoms with E-state index in [1.807, 2.05) is 24.3 Å². The lowest BCUT2D eigenvalue weighted by atomic mass is 9.96. The van der Waals surface area contributed by atoms with Crippen molar-refractivity contribution in [1.29, 1.82) is 5.41 Å². The zero-order valence-electron chi connectivity index (χ0n) is 15.9. The molecule has 0 amide bonds. The van der Waals surface area contributed by atoms with Gasteiger partial charge in [-0.05, 0) is 49.1 Å². The molecule has 1 aromatic heterocycles. The molecule has 2 aromatic rings. The third kappa shape index (κ3) is 3.84. The van der Waals surface area contributed by atoms with E-state index in [9.17, 15) is 9.90 Å². The number of nitrogens with one attached hydrogen (secondary N) is 2. The maximum atomic E-state index is 11.6. The second-order valence-corrected chi connectivity index (χ2v) is 7.27. The molecule has 1 aromatic carbocycles. The molecule has 1 saturated carbocycles. The van der Waals surface area contributed by atoms with E-state index in [1.54, 1.807) is 13.0 Å². The van der Waals surface area contributed by atoms with Crippen LogP contribution >= 0.6 is 0 Å². The van der Waals surface area contributed by atoms with Crippen molar-refractivity contribution in [3.8, 4) is 11.1 Å². The van der Waals surface area contributed by atoms with Gasteiger partial charge in [-0.2, -0.15) is 0 Å². The van der Waals surface area contributed by atoms with Gasteiger partial charge in [0.25, 0.3) is 0 Å². The van der Waals surface area contributed by atoms with Gasteiger partial charge in [-0.3, -0.25) is 0 Å². The first-order valence-corrected chi connectivity index (χ1v) is 9.56. The summed E-state index contributed by atoms with van der Waals surface area (Å²) in [5.41, 5.74) is 3.72. The topological polar surface area (TPSA) is 98.5 Å². The summed E-state index contributed by atoms with van der Waals surface area (Å²) in [6.45, 7) is 4.88. The summed E-state index contributed by atoms with van der Waals surface area (Å²) in [5.74, 6) is -0.582. The van der Waals surface area contributed by atoms with Crippen LogP contribution in [-0.4, -0.2) is 54.1 Å². The number of carbonyl (C=O) groups is 1. The first-order valence-electron chi connectivity index (χ1n) is 9.56. The highest BCUT2D eigenvalue weighted by molar-refractivity contribution is 6.08. The van der Waals surface area contributed by atoms with Crippen molar-refractivity contribution in [2.24, 2.45) is 0 Å². The second-order valence-electron chi connectivity index (χ2n) is 7.27. The Morgan fingerprint density at radius 2 is 1.93 bits per heavy atom. The predicted octanol–water partition coefficient (Wildman–Crippen LogP) is 3.25. The zero-order chi connectivity index (χ0) is 19.7. The average molecular weight is 380 g/mol. The lowest BCUT2D eigenvalue weighted by molar-refractivity contribution is 0.0690. The highest BCUT2D eigenvalue weighted by atomic mass is 16.5. The standard InChI is InChI=1S/C21H24N4O3/c1-13(22)19-17(12-18(21(26)27)24-20(19)23-15-4-5-15)14-2-6-16(7-3-14)25-8-10-28-11-9-25/h2-3,6-7,12,15,22H,4-5,8-11H2,1H3,(H,23,24)(H,26,27). The van der Waals surface area contributed by atoms with Crippen molar-refractivity contribution in [3.63, 3.8) is 0 Å². The molecule has 1 aliphatic heterocycles. The molecule has 0 spiro atoms. The molecule has 0 unspecified atom stereocenters. The molecule has 146 valence electrons. The summed E-state index contributed by atoms with van der Waals surface area (Å²) in [6.07, 6.45) is 2.08. The van der Waals surface area contributed by atoms with Gasteiger partial charge in [0.1, 0.15) is 5.82 Å². The molecule has 0 atom stereocenters. The van der Waals surface area contributed by atoms with E-state index in [2.05, 4.69) is 15.2 Å². The molecular formula is C21H24N4O3. The number of nitrogens with zero attached hydrogens (tertiary/aromatic N) is 2. The molecule has 0 radical (unpaired) electrons. The Hall–Kier alpha value is -2.93. The molecule has 28 heavy (non-hydrogen) atoms. The minimum atomic E-state index is -1.07. The molecule has 4 rings (SSSR count). The number of rotatable bonds is 6. The summed E-state index contributed by atoms with van der Waals surface area (Å²) >= 11 is 0. The number of hydrogen-bond donors (Lipinski definition) is 3. The first kappa shape index (κ1) is 18.4. The largest absolute Gasteiger partial charge is 0.477 e. The quantitative estimate of drug-likeness (QED) is 0.666. The van der Waals surface area contributed by atoms with Crippen molar-refractivity contribution >= 4 is 23.2 Å². The summed E-state index contributed by atoms with van der Waals surface area (Å²) in [7, 11) is 0. The SMILES string of the molecule is CC(=N)c1c(-c2ccc(N3CCOCC3)cc2)cc(C(=O)O)nc1NC1CC1. The van der Waals surface area contributed by atoms with Gasteiger partial charge in [0, 0.05) is 36.1 Å². The van der Waals surface area contributed by atoms with Crippen LogP contribution in [0.4, 0.5) is 11.5 Å². The van der Waals surface area contributed by atoms with Crippen LogP contribution in [0.15, 0.2) is 30.3 Å². The summed E-state index contributed by atoms with van der Waals surface area (Å²) < 4.78 is 5.41. The Morgan fingerprint density at radius 3 is 2.50 bits per heavy atom. The van der Waals surface area contributed by atoms with Crippen molar-refractivity contribution in [2.75, 3.05) is 36.5 Å². The number of aromatic nitrogens is 1. The Labute approximate surface area is 163 Å². The number of anilines is 2. The van der Waals surface area contributed by atoms with Crippen LogP contribution in [0.1, 0.15) is 35.8 Å². The van der Waals surface area contributed by atoms with Gasteiger partial charge >= 0.3 is 5.97 Å². The smallest absolute Gasteiger partial charge is 0.354 e. The van der Waals surface area contributed by atoms with E-state index < -0.39 is 5.97 Å². The van der Waals surface area contributed by atoms with Crippen LogP contribution in [0.25, 0.3) is 11.1 Å². The monoisotopic (exact) mass is 380 g/mol. The number of ether oxygens (including phenoxy) is 1. The minimum Gasteiger partial charge on any atom is -0.477 e. The fourth-order valence-electron chi connectivity index (χ4n) is 3.46. The number of carboxylic acids is 1. The molecule has 7 nitrogen and oxygen atoms in total. The van der Waals surface area contributed by atoms with E-state index >= 15 is 0 Å². The number of aromatic carboxylic acids is 1. The average Bonchev–Trinajstić information content (AvgIpc) is 3.52. The van der Waals surface area contributed by atoms with Gasteiger partial charge in [-0.1, -0.05) is 12.1 Å². The van der Waals surface area contributed by atoms with E-state index in [0.29, 0.717) is 23.1 Å². The van der Waals surface area contributed by atoms with Crippen LogP contribution in [0, 0.1) is 5.41 Å². The Bertz CT molecular complexity index is 901. The molecule has 2 heterocycles. The van der Waals surface area contributed by atoms with Crippen molar-refractivity contribution in [3.05, 3.63) is 41.6 Å². The van der Waals surface area contributed by atoms with Crippen LogP contribution in [0.2, 0.25) is 0 Å². The fourth-order valence-corrected chi connectivity index (χ4v) is 3.46. The van der Waals surface area contributed by atoms with Gasteiger partial charge in [-0.25, -0.2) is 9.78 Å². The third-order valence-corrected chi connectivity index (χ3v) is 5.09. The van der Waals surface area contributed by atoms with Crippen molar-refractivity contribution < 1.29 is 14.6 Å². The van der Waals surface area contributed by atoms with Crippen LogP contribution in [0.3, 0.4) is 0 Å². The number of hydrogen-bond acceptors (Lipinski definition) is 6. The summed E-state index contributed by atoms with van der Waals surface area (Å²) in [6, 6.07) is 9.93. The Balaban J connectivity index is 1.75. The Morgan fingerprint density at radius 1 is 1.25 bits per heavy atom. The summed E-state index contributed by atoms with van der Waals surface area (Å²) in [4.78, 5) is 18.2. The van der Waals surface area contributed by atoms with Crippen LogP contribution < -0.4 is 10.2 Å². The normalized spacial score (nSPS) is 16.7. The van der Waals surface area contributed by atoms with Gasteiger partial charge < -0.3 is 25.5 Å². The van der Waals surface area contributed by atoms with Crippen molar-refractivity contribution in [2.45, 2.75) is 25.8 Å².